The smallest absolute Gasteiger partial charge is 0.242 e. The zero-order valence-corrected chi connectivity index (χ0v) is 12.8. The monoisotopic (exact) mass is 299 g/mol. The van der Waals surface area contributed by atoms with Gasteiger partial charge in [-0.2, -0.15) is 0 Å². The summed E-state index contributed by atoms with van der Waals surface area (Å²) in [6.45, 7) is 5.94. The van der Waals surface area contributed by atoms with E-state index < -0.39 is 0 Å². The van der Waals surface area contributed by atoms with Gasteiger partial charge in [-0.1, -0.05) is 29.8 Å². The molecule has 1 rings (SSSR count). The maximum Gasteiger partial charge on any atom is 0.242 e. The molecule has 0 unspecified atom stereocenters. The molecule has 0 aromatic heterocycles. The number of halogens is 1. The summed E-state index contributed by atoms with van der Waals surface area (Å²) < 4.78 is 0. The summed E-state index contributed by atoms with van der Waals surface area (Å²) in [5.74, 6) is -0.203. The molecule has 0 aliphatic rings. The number of hydrogen-bond donors (Lipinski definition) is 3. The lowest BCUT2D eigenvalue weighted by atomic mass is 10.1. The molecular weight excluding hydrogens is 282 g/mol. The van der Waals surface area contributed by atoms with Crippen molar-refractivity contribution in [2.24, 2.45) is 0 Å². The Labute approximate surface area is 123 Å². The van der Waals surface area contributed by atoms with Crippen molar-refractivity contribution in [2.45, 2.75) is 32.7 Å². The van der Waals surface area contributed by atoms with Gasteiger partial charge in [0.1, 0.15) is 0 Å². The van der Waals surface area contributed by atoms with Crippen LogP contribution in [0.1, 0.15) is 26.3 Å². The molecule has 0 aliphatic carbocycles. The minimum Gasteiger partial charge on any atom is -0.357 e. The van der Waals surface area contributed by atoms with Crippen molar-refractivity contribution in [1.82, 2.24) is 16.2 Å². The Morgan fingerprint density at radius 3 is 2.47 bits per heavy atom. The summed E-state index contributed by atoms with van der Waals surface area (Å²) >= 11 is 11.0. The first kappa shape index (κ1) is 15.7. The Morgan fingerprint density at radius 1 is 1.26 bits per heavy atom. The number of benzene rings is 1. The molecule has 0 spiro atoms. The molecule has 0 bridgehead atoms. The second-order valence-electron chi connectivity index (χ2n) is 5.15. The van der Waals surface area contributed by atoms with E-state index >= 15 is 0 Å². The Bertz CT molecular complexity index is 471. The van der Waals surface area contributed by atoms with Gasteiger partial charge in [0.05, 0.1) is 6.42 Å². The highest BCUT2D eigenvalue weighted by Gasteiger charge is 2.11. The van der Waals surface area contributed by atoms with E-state index in [0.29, 0.717) is 10.1 Å². The maximum absolute atomic E-state index is 11.7. The topological polar surface area (TPSA) is 53.2 Å². The number of thiocarbonyl (C=S) groups is 1. The van der Waals surface area contributed by atoms with Crippen molar-refractivity contribution in [1.29, 1.82) is 0 Å². The second kappa shape index (κ2) is 6.73. The molecule has 3 N–H and O–H groups in total. The molecule has 0 atom stereocenters. The van der Waals surface area contributed by atoms with Crippen LogP contribution in [0.2, 0.25) is 5.02 Å². The fourth-order valence-electron chi connectivity index (χ4n) is 1.36. The Hall–Kier alpha value is -1.33. The van der Waals surface area contributed by atoms with Crippen LogP contribution in [0.4, 0.5) is 0 Å². The molecule has 0 heterocycles. The molecular formula is C13H18ClN3OS. The predicted molar refractivity (Wildman–Crippen MR) is 81.9 cm³/mol. The number of carbonyl (C=O) groups excluding carboxylic acids is 1. The summed E-state index contributed by atoms with van der Waals surface area (Å²) in [5, 5.41) is 3.98. The van der Waals surface area contributed by atoms with Gasteiger partial charge in [-0.3, -0.25) is 15.6 Å². The van der Waals surface area contributed by atoms with Gasteiger partial charge in [0, 0.05) is 10.6 Å². The highest BCUT2D eigenvalue weighted by Crippen LogP contribution is 2.14. The molecule has 6 heteroatoms. The SMILES string of the molecule is CC(C)(C)NC(=S)NNC(=O)Cc1ccccc1Cl. The Kier molecular flexibility index (Phi) is 5.57. The highest BCUT2D eigenvalue weighted by atomic mass is 35.5. The summed E-state index contributed by atoms with van der Waals surface area (Å²) in [6, 6.07) is 7.23. The number of rotatable bonds is 2. The van der Waals surface area contributed by atoms with Crippen LogP contribution in [0.3, 0.4) is 0 Å². The zero-order chi connectivity index (χ0) is 14.5. The lowest BCUT2D eigenvalue weighted by molar-refractivity contribution is -0.121. The third-order valence-corrected chi connectivity index (χ3v) is 2.69. The van der Waals surface area contributed by atoms with E-state index in [-0.39, 0.29) is 17.9 Å². The molecule has 0 aliphatic heterocycles. The molecule has 1 aromatic carbocycles. The number of hydrazine groups is 1. The van der Waals surface area contributed by atoms with Crippen LogP contribution in [-0.4, -0.2) is 16.6 Å². The molecule has 0 saturated carbocycles. The van der Waals surface area contributed by atoms with E-state index in [2.05, 4.69) is 16.2 Å². The van der Waals surface area contributed by atoms with Crippen LogP contribution in [0.15, 0.2) is 24.3 Å². The summed E-state index contributed by atoms with van der Waals surface area (Å²) in [5.41, 5.74) is 5.81. The van der Waals surface area contributed by atoms with Crippen LogP contribution in [0, 0.1) is 0 Å². The standard InChI is InChI=1S/C13H18ClN3OS/c1-13(2,3)15-12(19)17-16-11(18)8-9-6-4-5-7-10(9)14/h4-7H,8H2,1-3H3,(H,16,18)(H2,15,17,19). The molecule has 4 nitrogen and oxygen atoms in total. The van der Waals surface area contributed by atoms with Gasteiger partial charge in [-0.15, -0.1) is 0 Å². The summed E-state index contributed by atoms with van der Waals surface area (Å²) in [7, 11) is 0. The molecule has 104 valence electrons. The molecule has 1 aromatic rings. The predicted octanol–water partition coefficient (Wildman–Crippen LogP) is 2.18. The lowest BCUT2D eigenvalue weighted by Crippen LogP contribution is -2.52. The number of amides is 1. The van der Waals surface area contributed by atoms with Crippen molar-refractivity contribution in [3.63, 3.8) is 0 Å². The first-order valence-electron chi connectivity index (χ1n) is 5.88. The van der Waals surface area contributed by atoms with Crippen LogP contribution in [0.5, 0.6) is 0 Å². The third-order valence-electron chi connectivity index (χ3n) is 2.11. The third kappa shape index (κ3) is 6.40. The summed E-state index contributed by atoms with van der Waals surface area (Å²) in [4.78, 5) is 11.7. The summed E-state index contributed by atoms with van der Waals surface area (Å²) in [6.07, 6.45) is 0.199. The van der Waals surface area contributed by atoms with Crippen LogP contribution in [0.25, 0.3) is 0 Å². The van der Waals surface area contributed by atoms with Gasteiger partial charge in [-0.05, 0) is 44.6 Å². The van der Waals surface area contributed by atoms with Crippen LogP contribution < -0.4 is 16.2 Å². The molecule has 19 heavy (non-hydrogen) atoms. The number of nitrogens with one attached hydrogen (secondary N) is 3. The first-order chi connectivity index (χ1) is 8.78. The van der Waals surface area contributed by atoms with Gasteiger partial charge in [0.15, 0.2) is 5.11 Å². The van der Waals surface area contributed by atoms with Crippen molar-refractivity contribution >= 4 is 34.8 Å². The quantitative estimate of drug-likeness (QED) is 0.579. The normalized spacial score (nSPS) is 10.7. The van der Waals surface area contributed by atoms with Gasteiger partial charge in [-0.25, -0.2) is 0 Å². The number of hydrogen-bond acceptors (Lipinski definition) is 2. The van der Waals surface area contributed by atoms with Crippen LogP contribution >= 0.6 is 23.8 Å². The van der Waals surface area contributed by atoms with Crippen molar-refractivity contribution in [3.05, 3.63) is 34.9 Å². The first-order valence-corrected chi connectivity index (χ1v) is 6.67. The maximum atomic E-state index is 11.7. The van der Waals surface area contributed by atoms with Crippen molar-refractivity contribution in [2.75, 3.05) is 0 Å². The van der Waals surface area contributed by atoms with E-state index in [9.17, 15) is 4.79 Å². The highest BCUT2D eigenvalue weighted by molar-refractivity contribution is 7.80. The van der Waals surface area contributed by atoms with Gasteiger partial charge in [0.25, 0.3) is 0 Å². The fourth-order valence-corrected chi connectivity index (χ4v) is 1.92. The second-order valence-corrected chi connectivity index (χ2v) is 5.96. The van der Waals surface area contributed by atoms with Crippen LogP contribution in [-0.2, 0) is 11.2 Å². The van der Waals surface area contributed by atoms with E-state index in [1.54, 1.807) is 6.07 Å². The van der Waals surface area contributed by atoms with Gasteiger partial charge >= 0.3 is 0 Å². The minimum atomic E-state index is -0.203. The van der Waals surface area contributed by atoms with E-state index in [4.69, 9.17) is 23.8 Å². The Morgan fingerprint density at radius 2 is 1.89 bits per heavy atom. The minimum absolute atomic E-state index is 0.155. The number of carbonyl (C=O) groups is 1. The molecule has 0 fully saturated rings. The fraction of sp³-hybridized carbons (Fsp3) is 0.385. The van der Waals surface area contributed by atoms with E-state index in [0.717, 1.165) is 5.56 Å². The molecule has 0 saturated heterocycles. The van der Waals surface area contributed by atoms with Crippen molar-refractivity contribution < 1.29 is 4.79 Å². The molecule has 0 radical (unpaired) electrons. The van der Waals surface area contributed by atoms with E-state index in [1.807, 2.05) is 39.0 Å². The average molecular weight is 300 g/mol. The van der Waals surface area contributed by atoms with Crippen molar-refractivity contribution in [3.8, 4) is 0 Å². The van der Waals surface area contributed by atoms with E-state index in [1.165, 1.54) is 0 Å². The lowest BCUT2D eigenvalue weighted by Gasteiger charge is -2.23. The average Bonchev–Trinajstić information content (AvgIpc) is 2.27. The van der Waals surface area contributed by atoms with Gasteiger partial charge in [0.2, 0.25) is 5.91 Å². The Balaban J connectivity index is 2.41. The largest absolute Gasteiger partial charge is 0.357 e. The zero-order valence-electron chi connectivity index (χ0n) is 11.2. The molecule has 1 amide bonds. The van der Waals surface area contributed by atoms with Gasteiger partial charge < -0.3 is 5.32 Å².